The molecule has 2 rings (SSSR count). The largest absolute Gasteiger partial charge is 0.463 e. The summed E-state index contributed by atoms with van der Waals surface area (Å²) >= 11 is 5.86. The SMILES string of the molecule is COC(=O)c1ncn(-c2ncnc(Cl)c2C)n1. The molecular formula is C9H8ClN5O2. The Bertz CT molecular complexity index is 568. The first-order chi connectivity index (χ1) is 8.13. The molecule has 2 heterocycles. The smallest absolute Gasteiger partial charge is 0.377 e. The van der Waals surface area contributed by atoms with Crippen molar-refractivity contribution in [2.75, 3.05) is 7.11 Å². The Hall–Kier alpha value is -2.02. The molecule has 0 unspecified atom stereocenters. The molecule has 2 aromatic heterocycles. The molecular weight excluding hydrogens is 246 g/mol. The molecule has 0 atom stereocenters. The van der Waals surface area contributed by atoms with E-state index in [0.717, 1.165) is 0 Å². The van der Waals surface area contributed by atoms with Crippen LogP contribution in [0.3, 0.4) is 0 Å². The molecule has 2 aromatic rings. The maximum absolute atomic E-state index is 11.2. The van der Waals surface area contributed by atoms with Gasteiger partial charge in [0.25, 0.3) is 5.82 Å². The summed E-state index contributed by atoms with van der Waals surface area (Å²) in [5.74, 6) is -0.184. The molecule has 0 aromatic carbocycles. The van der Waals surface area contributed by atoms with Crippen LogP contribution in [-0.4, -0.2) is 37.8 Å². The van der Waals surface area contributed by atoms with Crippen molar-refractivity contribution in [1.82, 2.24) is 24.7 Å². The van der Waals surface area contributed by atoms with Gasteiger partial charge in [0.1, 0.15) is 17.8 Å². The van der Waals surface area contributed by atoms with Crippen LogP contribution in [0.25, 0.3) is 5.82 Å². The van der Waals surface area contributed by atoms with E-state index in [0.29, 0.717) is 16.5 Å². The summed E-state index contributed by atoms with van der Waals surface area (Å²) in [6.07, 6.45) is 2.67. The number of methoxy groups -OCH3 is 1. The summed E-state index contributed by atoms with van der Waals surface area (Å²) in [5, 5.41) is 4.26. The molecule has 0 N–H and O–H groups in total. The van der Waals surface area contributed by atoms with E-state index in [-0.39, 0.29) is 5.82 Å². The van der Waals surface area contributed by atoms with Gasteiger partial charge in [-0.05, 0) is 6.92 Å². The van der Waals surface area contributed by atoms with Gasteiger partial charge in [-0.3, -0.25) is 0 Å². The van der Waals surface area contributed by atoms with Crippen LogP contribution in [0.1, 0.15) is 16.2 Å². The minimum absolute atomic E-state index is 0.0402. The Morgan fingerprint density at radius 3 is 2.88 bits per heavy atom. The molecule has 0 spiro atoms. The molecule has 7 nitrogen and oxygen atoms in total. The summed E-state index contributed by atoms with van der Waals surface area (Å²) in [6.45, 7) is 1.75. The van der Waals surface area contributed by atoms with Gasteiger partial charge in [-0.25, -0.2) is 24.4 Å². The monoisotopic (exact) mass is 253 g/mol. The van der Waals surface area contributed by atoms with Crippen LogP contribution in [-0.2, 0) is 4.74 Å². The van der Waals surface area contributed by atoms with Crippen LogP contribution in [0.4, 0.5) is 0 Å². The van der Waals surface area contributed by atoms with E-state index in [2.05, 4.69) is 24.8 Å². The fraction of sp³-hybridized carbons (Fsp3) is 0.222. The normalized spacial score (nSPS) is 10.3. The standard InChI is InChI=1S/C9H8ClN5O2/c1-5-6(10)11-3-12-8(5)15-4-13-7(14-15)9(16)17-2/h3-4H,1-2H3. The lowest BCUT2D eigenvalue weighted by molar-refractivity contribution is 0.0587. The van der Waals surface area contributed by atoms with Crippen molar-refractivity contribution in [2.45, 2.75) is 6.92 Å². The number of aromatic nitrogens is 5. The lowest BCUT2D eigenvalue weighted by Crippen LogP contribution is -2.07. The van der Waals surface area contributed by atoms with Gasteiger partial charge >= 0.3 is 5.97 Å². The maximum Gasteiger partial charge on any atom is 0.377 e. The summed E-state index contributed by atoms with van der Waals surface area (Å²) in [7, 11) is 1.26. The molecule has 0 saturated carbocycles. The Balaban J connectivity index is 2.44. The second-order valence-electron chi connectivity index (χ2n) is 3.12. The zero-order chi connectivity index (χ0) is 12.4. The second kappa shape index (κ2) is 4.46. The zero-order valence-corrected chi connectivity index (χ0v) is 9.84. The highest BCUT2D eigenvalue weighted by atomic mass is 35.5. The predicted molar refractivity (Wildman–Crippen MR) is 58.0 cm³/mol. The molecule has 0 aliphatic heterocycles. The molecule has 8 heteroatoms. The van der Waals surface area contributed by atoms with E-state index in [1.54, 1.807) is 6.92 Å². The fourth-order valence-electron chi connectivity index (χ4n) is 1.20. The summed E-state index contributed by atoms with van der Waals surface area (Å²) in [6, 6.07) is 0. The van der Waals surface area contributed by atoms with Gasteiger partial charge in [-0.15, -0.1) is 5.10 Å². The van der Waals surface area contributed by atoms with Crippen LogP contribution in [0.5, 0.6) is 0 Å². The van der Waals surface area contributed by atoms with E-state index >= 15 is 0 Å². The average molecular weight is 254 g/mol. The van der Waals surface area contributed by atoms with Crippen molar-refractivity contribution in [3.63, 3.8) is 0 Å². The van der Waals surface area contributed by atoms with Gasteiger partial charge in [0, 0.05) is 5.56 Å². The Morgan fingerprint density at radius 2 is 2.18 bits per heavy atom. The van der Waals surface area contributed by atoms with Crippen LogP contribution >= 0.6 is 11.6 Å². The number of ether oxygens (including phenoxy) is 1. The van der Waals surface area contributed by atoms with Crippen LogP contribution < -0.4 is 0 Å². The molecule has 88 valence electrons. The number of hydrogen-bond acceptors (Lipinski definition) is 6. The number of halogens is 1. The third kappa shape index (κ3) is 2.09. The number of nitrogens with zero attached hydrogens (tertiary/aromatic N) is 5. The van der Waals surface area contributed by atoms with Crippen molar-refractivity contribution in [3.8, 4) is 5.82 Å². The van der Waals surface area contributed by atoms with Gasteiger partial charge in [0.15, 0.2) is 5.82 Å². The van der Waals surface area contributed by atoms with Gasteiger partial charge in [-0.1, -0.05) is 11.6 Å². The van der Waals surface area contributed by atoms with Crippen molar-refractivity contribution >= 4 is 17.6 Å². The first-order valence-electron chi connectivity index (χ1n) is 4.61. The van der Waals surface area contributed by atoms with Crippen LogP contribution in [0, 0.1) is 6.92 Å². The highest BCUT2D eigenvalue weighted by molar-refractivity contribution is 6.30. The van der Waals surface area contributed by atoms with Crippen LogP contribution in [0.15, 0.2) is 12.7 Å². The van der Waals surface area contributed by atoms with Crippen LogP contribution in [0.2, 0.25) is 5.15 Å². The predicted octanol–water partition coefficient (Wildman–Crippen LogP) is 0.806. The molecule has 0 bridgehead atoms. The molecule has 0 radical (unpaired) electrons. The minimum Gasteiger partial charge on any atom is -0.463 e. The van der Waals surface area contributed by atoms with E-state index < -0.39 is 5.97 Å². The summed E-state index contributed by atoms with van der Waals surface area (Å²) < 4.78 is 5.85. The molecule has 0 fully saturated rings. The topological polar surface area (TPSA) is 82.8 Å². The molecule has 0 aliphatic rings. The third-order valence-electron chi connectivity index (χ3n) is 2.07. The van der Waals surface area contributed by atoms with E-state index in [1.807, 2.05) is 0 Å². The van der Waals surface area contributed by atoms with Crippen molar-refractivity contribution in [1.29, 1.82) is 0 Å². The Labute approximate surface area is 101 Å². The fourth-order valence-corrected chi connectivity index (χ4v) is 1.33. The first kappa shape index (κ1) is 11.5. The summed E-state index contributed by atoms with van der Waals surface area (Å²) in [5.41, 5.74) is 0.649. The van der Waals surface area contributed by atoms with Gasteiger partial charge in [0.2, 0.25) is 0 Å². The molecule has 17 heavy (non-hydrogen) atoms. The number of carbonyl (C=O) groups is 1. The van der Waals surface area contributed by atoms with Crippen molar-refractivity contribution in [2.24, 2.45) is 0 Å². The van der Waals surface area contributed by atoms with Gasteiger partial charge in [0.05, 0.1) is 7.11 Å². The lowest BCUT2D eigenvalue weighted by Gasteiger charge is -2.03. The Kier molecular flexibility index (Phi) is 3.01. The van der Waals surface area contributed by atoms with Gasteiger partial charge < -0.3 is 4.74 Å². The third-order valence-corrected chi connectivity index (χ3v) is 2.45. The zero-order valence-electron chi connectivity index (χ0n) is 9.09. The van der Waals surface area contributed by atoms with E-state index in [4.69, 9.17) is 11.6 Å². The number of rotatable bonds is 2. The number of hydrogen-bond donors (Lipinski definition) is 0. The lowest BCUT2D eigenvalue weighted by atomic mass is 10.3. The first-order valence-corrected chi connectivity index (χ1v) is 4.98. The number of esters is 1. The second-order valence-corrected chi connectivity index (χ2v) is 3.48. The summed E-state index contributed by atoms with van der Waals surface area (Å²) in [4.78, 5) is 22.8. The van der Waals surface area contributed by atoms with E-state index in [1.165, 1.54) is 24.4 Å². The quantitative estimate of drug-likeness (QED) is 0.582. The highest BCUT2D eigenvalue weighted by Crippen LogP contribution is 2.16. The molecule has 0 amide bonds. The Morgan fingerprint density at radius 1 is 1.41 bits per heavy atom. The highest BCUT2D eigenvalue weighted by Gasteiger charge is 2.14. The van der Waals surface area contributed by atoms with Crippen molar-refractivity contribution < 1.29 is 9.53 Å². The maximum atomic E-state index is 11.2. The number of carbonyl (C=O) groups excluding carboxylic acids is 1. The minimum atomic E-state index is -0.610. The molecule has 0 aliphatic carbocycles. The average Bonchev–Trinajstić information content (AvgIpc) is 2.81. The van der Waals surface area contributed by atoms with Gasteiger partial charge in [-0.2, -0.15) is 0 Å². The van der Waals surface area contributed by atoms with E-state index in [9.17, 15) is 4.79 Å². The molecule has 0 saturated heterocycles. The van der Waals surface area contributed by atoms with Crippen molar-refractivity contribution in [3.05, 3.63) is 29.2 Å².